The Kier molecular flexibility index (Phi) is 4.58. The van der Waals surface area contributed by atoms with Crippen molar-refractivity contribution in [2.75, 3.05) is 0 Å². The Labute approximate surface area is 133 Å². The Balaban J connectivity index is 2.66. The van der Waals surface area contributed by atoms with Gasteiger partial charge in [0.2, 0.25) is 0 Å². The second kappa shape index (κ2) is 5.96. The van der Waals surface area contributed by atoms with Gasteiger partial charge in [-0.3, -0.25) is 14.9 Å². The number of carbonyl (C=O) groups is 1. The molecule has 0 saturated heterocycles. The summed E-state index contributed by atoms with van der Waals surface area (Å²) in [5.74, 6) is -0.0424. The lowest BCUT2D eigenvalue weighted by Gasteiger charge is -2.17. The van der Waals surface area contributed by atoms with Gasteiger partial charge < -0.3 is 0 Å². The monoisotopic (exact) mass is 345 g/mol. The van der Waals surface area contributed by atoms with Crippen LogP contribution in [-0.4, -0.2) is 23.8 Å². The van der Waals surface area contributed by atoms with Crippen molar-refractivity contribution in [3.05, 3.63) is 33.4 Å². The molecule has 0 aromatic heterocycles. The molecule has 2 atom stereocenters. The summed E-state index contributed by atoms with van der Waals surface area (Å²) in [7, 11) is -3.82. The minimum absolute atomic E-state index is 0.0424. The first kappa shape index (κ1) is 16.9. The third-order valence-corrected chi connectivity index (χ3v) is 6.84. The molecule has 1 saturated carbocycles. The van der Waals surface area contributed by atoms with Gasteiger partial charge in [-0.1, -0.05) is 13.3 Å². The van der Waals surface area contributed by atoms with Gasteiger partial charge >= 0.3 is 0 Å². The van der Waals surface area contributed by atoms with Gasteiger partial charge in [0.15, 0.2) is 9.84 Å². The number of nitro benzene ring substituents is 1. The number of hydrogen-bond donors (Lipinski definition) is 0. The molecular formula is C14H16ClNO5S. The second-order valence-electron chi connectivity index (χ2n) is 5.66. The highest BCUT2D eigenvalue weighted by atomic mass is 35.5. The van der Waals surface area contributed by atoms with E-state index in [9.17, 15) is 23.3 Å². The Morgan fingerprint density at radius 1 is 1.36 bits per heavy atom. The van der Waals surface area contributed by atoms with E-state index >= 15 is 0 Å². The second-order valence-corrected chi connectivity index (χ2v) is 8.14. The van der Waals surface area contributed by atoms with Gasteiger partial charge in [-0.2, -0.15) is 0 Å². The number of sulfone groups is 1. The van der Waals surface area contributed by atoms with E-state index in [0.717, 1.165) is 18.9 Å². The van der Waals surface area contributed by atoms with E-state index < -0.39 is 30.9 Å². The van der Waals surface area contributed by atoms with Crippen molar-refractivity contribution in [1.29, 1.82) is 0 Å². The number of benzene rings is 1. The van der Waals surface area contributed by atoms with Crippen LogP contribution in [0.5, 0.6) is 0 Å². The third kappa shape index (κ3) is 2.87. The van der Waals surface area contributed by atoms with Gasteiger partial charge in [0.25, 0.3) is 10.9 Å². The summed E-state index contributed by atoms with van der Waals surface area (Å²) in [5.41, 5.74) is -0.324. The van der Waals surface area contributed by atoms with Crippen LogP contribution in [0, 0.1) is 23.0 Å². The zero-order chi connectivity index (χ0) is 16.7. The molecule has 2 rings (SSSR count). The molecule has 0 amide bonds. The molecule has 2 unspecified atom stereocenters. The Bertz CT molecular complexity index is 744. The molecule has 0 spiro atoms. The predicted octanol–water partition coefficient (Wildman–Crippen LogP) is 3.24. The van der Waals surface area contributed by atoms with Crippen LogP contribution in [0.3, 0.4) is 0 Å². The van der Waals surface area contributed by atoms with Crippen LogP contribution >= 0.6 is 11.6 Å². The largest absolute Gasteiger partial charge is 0.288 e. The van der Waals surface area contributed by atoms with Crippen molar-refractivity contribution in [3.8, 4) is 0 Å². The molecule has 22 heavy (non-hydrogen) atoms. The Morgan fingerprint density at radius 3 is 2.45 bits per heavy atom. The molecule has 0 N–H and O–H groups in total. The molecule has 1 fully saturated rings. The lowest BCUT2D eigenvalue weighted by Crippen LogP contribution is -2.25. The van der Waals surface area contributed by atoms with Crippen molar-refractivity contribution in [3.63, 3.8) is 0 Å². The molecule has 0 radical (unpaired) electrons. The molecule has 0 bridgehead atoms. The smallest absolute Gasteiger partial charge is 0.276 e. The normalized spacial score (nSPS) is 21.8. The highest BCUT2D eigenvalue weighted by Crippen LogP contribution is 2.38. The minimum Gasteiger partial charge on any atom is -0.276 e. The van der Waals surface area contributed by atoms with Gasteiger partial charge in [0.05, 0.1) is 10.2 Å². The lowest BCUT2D eigenvalue weighted by atomic mass is 10.1. The van der Waals surface area contributed by atoms with Crippen molar-refractivity contribution in [2.45, 2.75) is 43.3 Å². The molecule has 0 aliphatic heterocycles. The number of rotatable bonds is 4. The average Bonchev–Trinajstić information content (AvgIpc) is 2.84. The van der Waals surface area contributed by atoms with Gasteiger partial charge in [-0.15, -0.1) is 0 Å². The molecular weight excluding hydrogens is 330 g/mol. The summed E-state index contributed by atoms with van der Waals surface area (Å²) in [6.07, 6.45) is 2.07. The summed E-state index contributed by atoms with van der Waals surface area (Å²) in [6, 6.07) is 2.14. The number of nitro groups is 1. The van der Waals surface area contributed by atoms with Gasteiger partial charge in [0.1, 0.15) is 4.90 Å². The molecule has 120 valence electrons. The topological polar surface area (TPSA) is 94.3 Å². The van der Waals surface area contributed by atoms with E-state index in [1.54, 1.807) is 0 Å². The highest BCUT2D eigenvalue weighted by molar-refractivity contribution is 7.92. The molecule has 1 aliphatic rings. The summed E-state index contributed by atoms with van der Waals surface area (Å²) >= 11 is 5.39. The average molecular weight is 346 g/mol. The molecule has 1 aromatic carbocycles. The van der Waals surface area contributed by atoms with Crippen LogP contribution in [0.4, 0.5) is 5.69 Å². The maximum absolute atomic E-state index is 12.8. The molecule has 6 nitrogen and oxygen atoms in total. The first-order valence-electron chi connectivity index (χ1n) is 6.89. The van der Waals surface area contributed by atoms with Gasteiger partial charge in [-0.05, 0) is 48.9 Å². The fourth-order valence-electron chi connectivity index (χ4n) is 2.99. The van der Waals surface area contributed by atoms with Gasteiger partial charge in [0, 0.05) is 11.6 Å². The molecule has 8 heteroatoms. The Morgan fingerprint density at radius 2 is 2.00 bits per heavy atom. The first-order valence-corrected chi connectivity index (χ1v) is 8.81. The van der Waals surface area contributed by atoms with E-state index in [-0.39, 0.29) is 16.4 Å². The number of aryl methyl sites for hydroxylation is 1. The van der Waals surface area contributed by atoms with Gasteiger partial charge in [-0.25, -0.2) is 8.42 Å². The van der Waals surface area contributed by atoms with Crippen LogP contribution in [0.1, 0.15) is 42.1 Å². The van der Waals surface area contributed by atoms with Crippen LogP contribution in [0.15, 0.2) is 17.0 Å². The lowest BCUT2D eigenvalue weighted by molar-refractivity contribution is -0.387. The van der Waals surface area contributed by atoms with E-state index in [4.69, 9.17) is 11.6 Å². The van der Waals surface area contributed by atoms with Crippen LogP contribution in [0.2, 0.25) is 0 Å². The highest BCUT2D eigenvalue weighted by Gasteiger charge is 2.39. The van der Waals surface area contributed by atoms with Crippen LogP contribution in [-0.2, 0) is 9.84 Å². The van der Waals surface area contributed by atoms with Crippen molar-refractivity contribution < 1.29 is 18.1 Å². The quantitative estimate of drug-likeness (QED) is 0.474. The van der Waals surface area contributed by atoms with E-state index in [0.29, 0.717) is 12.0 Å². The SMILES string of the molecule is Cc1cc(S(=O)(=O)C2CCCC2C)c([N+](=O)[O-])cc1C(=O)Cl. The summed E-state index contributed by atoms with van der Waals surface area (Å²) in [5, 5.41) is 9.77. The molecule has 1 aromatic rings. The van der Waals surface area contributed by atoms with Crippen molar-refractivity contribution in [2.24, 2.45) is 5.92 Å². The maximum atomic E-state index is 12.8. The minimum atomic E-state index is -3.82. The Hall–Kier alpha value is -1.47. The van der Waals surface area contributed by atoms with Crippen LogP contribution in [0.25, 0.3) is 0 Å². The standard InChI is InChI=1S/C14H16ClNO5S/c1-8-4-3-5-12(8)22(20,21)13-6-9(2)10(14(15)17)7-11(13)16(18)19/h6-8,12H,3-5H2,1-2H3. The maximum Gasteiger partial charge on any atom is 0.288 e. The molecule has 1 aliphatic carbocycles. The summed E-state index contributed by atoms with van der Waals surface area (Å²) in [4.78, 5) is 21.4. The summed E-state index contributed by atoms with van der Waals surface area (Å²) in [6.45, 7) is 3.35. The van der Waals surface area contributed by atoms with Crippen molar-refractivity contribution in [1.82, 2.24) is 0 Å². The zero-order valence-electron chi connectivity index (χ0n) is 12.2. The van der Waals surface area contributed by atoms with E-state index in [2.05, 4.69) is 0 Å². The van der Waals surface area contributed by atoms with E-state index in [1.165, 1.54) is 13.0 Å². The number of nitrogens with zero attached hydrogens (tertiary/aromatic N) is 1. The molecule has 0 heterocycles. The summed E-state index contributed by atoms with van der Waals surface area (Å²) < 4.78 is 25.6. The number of hydrogen-bond acceptors (Lipinski definition) is 5. The first-order chi connectivity index (χ1) is 10.2. The fourth-order valence-corrected chi connectivity index (χ4v) is 5.51. The predicted molar refractivity (Wildman–Crippen MR) is 82.0 cm³/mol. The third-order valence-electron chi connectivity index (χ3n) is 4.20. The van der Waals surface area contributed by atoms with Crippen molar-refractivity contribution >= 4 is 32.4 Å². The van der Waals surface area contributed by atoms with E-state index in [1.807, 2.05) is 6.92 Å². The zero-order valence-corrected chi connectivity index (χ0v) is 13.8. The van der Waals surface area contributed by atoms with Crippen LogP contribution < -0.4 is 0 Å². The number of carbonyl (C=O) groups excluding carboxylic acids is 1. The fraction of sp³-hybridized carbons (Fsp3) is 0.500. The number of halogens is 1.